The molecule has 1 aliphatic rings. The molecule has 122 valence electrons. The third-order valence-electron chi connectivity index (χ3n) is 3.77. The van der Waals surface area contributed by atoms with Crippen molar-refractivity contribution in [1.82, 2.24) is 4.90 Å². The Kier molecular flexibility index (Phi) is 4.75. The summed E-state index contributed by atoms with van der Waals surface area (Å²) in [7, 11) is 0. The minimum Gasteiger partial charge on any atom is -0.444 e. The summed E-state index contributed by atoms with van der Waals surface area (Å²) in [5.74, 6) is -0.299. The summed E-state index contributed by atoms with van der Waals surface area (Å²) < 4.78 is 18.6. The zero-order valence-corrected chi connectivity index (χ0v) is 13.4. The lowest BCUT2D eigenvalue weighted by Crippen LogP contribution is -2.49. The maximum atomic E-state index is 13.2. The smallest absolute Gasteiger partial charge is 0.410 e. The number of benzene rings is 1. The summed E-state index contributed by atoms with van der Waals surface area (Å²) in [5, 5.41) is 10.6. The number of carbonyl (C=O) groups excluding carboxylic acids is 1. The fraction of sp³-hybridized carbons (Fsp3) is 0.588. The Balaban J connectivity index is 1.91. The molecular weight excluding hydrogens is 285 g/mol. The van der Waals surface area contributed by atoms with Gasteiger partial charge in [-0.2, -0.15) is 0 Å². The Morgan fingerprint density at radius 2 is 2.00 bits per heavy atom. The molecule has 1 amide bonds. The van der Waals surface area contributed by atoms with Crippen molar-refractivity contribution >= 4 is 6.09 Å². The minimum absolute atomic E-state index is 0.299. The molecule has 1 N–H and O–H groups in total. The molecule has 1 heterocycles. The third kappa shape index (κ3) is 4.70. The van der Waals surface area contributed by atoms with E-state index in [1.165, 1.54) is 12.1 Å². The van der Waals surface area contributed by atoms with E-state index in [4.69, 9.17) is 4.74 Å². The molecular formula is C17H24FNO3. The maximum absolute atomic E-state index is 13.2. The highest BCUT2D eigenvalue weighted by Gasteiger charge is 2.35. The SMILES string of the molecule is CC(C)(C)OC(=O)N1CCC(O)(Cc2cccc(F)c2)CC1. The number of likely N-dealkylation sites (tertiary alicyclic amines) is 1. The van der Waals surface area contributed by atoms with E-state index >= 15 is 0 Å². The molecule has 0 aliphatic carbocycles. The van der Waals surface area contributed by atoms with Gasteiger partial charge < -0.3 is 14.7 Å². The van der Waals surface area contributed by atoms with Gasteiger partial charge in [0.2, 0.25) is 0 Å². The first-order chi connectivity index (χ1) is 10.2. The first kappa shape index (κ1) is 16.7. The normalized spacial score (nSPS) is 18.1. The van der Waals surface area contributed by atoms with Gasteiger partial charge in [0, 0.05) is 19.5 Å². The number of aliphatic hydroxyl groups is 1. The van der Waals surface area contributed by atoms with E-state index in [0.717, 1.165) is 5.56 Å². The molecule has 0 bridgehead atoms. The second-order valence-corrected chi connectivity index (χ2v) is 7.00. The highest BCUT2D eigenvalue weighted by atomic mass is 19.1. The number of nitrogens with zero attached hydrogens (tertiary/aromatic N) is 1. The van der Waals surface area contributed by atoms with Crippen LogP contribution in [0.15, 0.2) is 24.3 Å². The van der Waals surface area contributed by atoms with Crippen molar-refractivity contribution in [3.8, 4) is 0 Å². The maximum Gasteiger partial charge on any atom is 0.410 e. The summed E-state index contributed by atoms with van der Waals surface area (Å²) in [6.07, 6.45) is 0.971. The van der Waals surface area contributed by atoms with Crippen molar-refractivity contribution in [2.24, 2.45) is 0 Å². The molecule has 1 fully saturated rings. The van der Waals surface area contributed by atoms with Crippen molar-refractivity contribution in [2.45, 2.75) is 51.2 Å². The Bertz CT molecular complexity index is 531. The summed E-state index contributed by atoms with van der Waals surface area (Å²) in [6.45, 7) is 6.38. The van der Waals surface area contributed by atoms with Crippen molar-refractivity contribution in [3.05, 3.63) is 35.6 Å². The quantitative estimate of drug-likeness (QED) is 0.913. The van der Waals surface area contributed by atoms with E-state index in [1.54, 1.807) is 17.0 Å². The van der Waals surface area contributed by atoms with Crippen LogP contribution in [0.1, 0.15) is 39.2 Å². The van der Waals surface area contributed by atoms with E-state index in [0.29, 0.717) is 32.4 Å². The van der Waals surface area contributed by atoms with Crippen LogP contribution in [-0.2, 0) is 11.2 Å². The number of halogens is 1. The minimum atomic E-state index is -0.897. The lowest BCUT2D eigenvalue weighted by atomic mass is 9.85. The summed E-state index contributed by atoms with van der Waals surface area (Å²) in [5.41, 5.74) is -0.646. The van der Waals surface area contributed by atoms with Gasteiger partial charge in [-0.25, -0.2) is 9.18 Å². The average Bonchev–Trinajstić information content (AvgIpc) is 2.36. The van der Waals surface area contributed by atoms with Crippen LogP contribution in [0.2, 0.25) is 0 Å². The number of piperidine rings is 1. The molecule has 0 saturated carbocycles. The summed E-state index contributed by atoms with van der Waals surface area (Å²) in [4.78, 5) is 13.6. The van der Waals surface area contributed by atoms with Gasteiger partial charge in [0.15, 0.2) is 0 Å². The fourth-order valence-electron chi connectivity index (χ4n) is 2.64. The van der Waals surface area contributed by atoms with Crippen molar-refractivity contribution < 1.29 is 19.0 Å². The van der Waals surface area contributed by atoms with Crippen LogP contribution in [0, 0.1) is 5.82 Å². The van der Waals surface area contributed by atoms with Crippen LogP contribution in [-0.4, -0.2) is 40.4 Å². The van der Waals surface area contributed by atoms with Gasteiger partial charge in [-0.3, -0.25) is 0 Å². The zero-order valence-electron chi connectivity index (χ0n) is 13.4. The van der Waals surface area contributed by atoms with Gasteiger partial charge in [0.25, 0.3) is 0 Å². The first-order valence-corrected chi connectivity index (χ1v) is 7.62. The predicted octanol–water partition coefficient (Wildman–Crippen LogP) is 3.13. The molecule has 22 heavy (non-hydrogen) atoms. The largest absolute Gasteiger partial charge is 0.444 e. The molecule has 5 heteroatoms. The Morgan fingerprint density at radius 3 is 2.55 bits per heavy atom. The molecule has 0 unspecified atom stereocenters. The molecule has 1 aromatic carbocycles. The lowest BCUT2D eigenvalue weighted by molar-refractivity contribution is -0.0315. The van der Waals surface area contributed by atoms with Crippen LogP contribution in [0.5, 0.6) is 0 Å². The van der Waals surface area contributed by atoms with Crippen molar-refractivity contribution in [2.75, 3.05) is 13.1 Å². The number of amides is 1. The Hall–Kier alpha value is -1.62. The average molecular weight is 309 g/mol. The number of hydrogen-bond donors (Lipinski definition) is 1. The van der Waals surface area contributed by atoms with Gasteiger partial charge >= 0.3 is 6.09 Å². The van der Waals surface area contributed by atoms with Gasteiger partial charge in [0.05, 0.1) is 5.60 Å². The van der Waals surface area contributed by atoms with E-state index in [-0.39, 0.29) is 11.9 Å². The molecule has 1 saturated heterocycles. The van der Waals surface area contributed by atoms with Crippen LogP contribution in [0.4, 0.5) is 9.18 Å². The summed E-state index contributed by atoms with van der Waals surface area (Å²) >= 11 is 0. The van der Waals surface area contributed by atoms with Crippen LogP contribution >= 0.6 is 0 Å². The van der Waals surface area contributed by atoms with E-state index in [2.05, 4.69) is 0 Å². The van der Waals surface area contributed by atoms with Crippen molar-refractivity contribution in [1.29, 1.82) is 0 Å². The second kappa shape index (κ2) is 6.24. The topological polar surface area (TPSA) is 49.8 Å². The van der Waals surface area contributed by atoms with E-state index in [9.17, 15) is 14.3 Å². The zero-order chi connectivity index (χ0) is 16.4. The second-order valence-electron chi connectivity index (χ2n) is 7.00. The molecule has 0 radical (unpaired) electrons. The third-order valence-corrected chi connectivity index (χ3v) is 3.77. The Morgan fingerprint density at radius 1 is 1.36 bits per heavy atom. The molecule has 1 aliphatic heterocycles. The van der Waals surface area contributed by atoms with Gasteiger partial charge in [-0.05, 0) is 51.3 Å². The Labute approximate surface area is 130 Å². The molecule has 0 aromatic heterocycles. The first-order valence-electron chi connectivity index (χ1n) is 7.62. The molecule has 0 spiro atoms. The number of carbonyl (C=O) groups is 1. The standard InChI is InChI=1S/C17H24FNO3/c1-16(2,3)22-15(20)19-9-7-17(21,8-10-19)12-13-5-4-6-14(18)11-13/h4-6,11,21H,7-10,12H2,1-3H3. The van der Waals surface area contributed by atoms with E-state index < -0.39 is 11.2 Å². The van der Waals surface area contributed by atoms with Crippen LogP contribution in [0.25, 0.3) is 0 Å². The number of ether oxygens (including phenoxy) is 1. The lowest BCUT2D eigenvalue weighted by Gasteiger charge is -2.38. The monoisotopic (exact) mass is 309 g/mol. The fourth-order valence-corrected chi connectivity index (χ4v) is 2.64. The molecule has 0 atom stereocenters. The highest BCUT2D eigenvalue weighted by Crippen LogP contribution is 2.27. The molecule has 2 rings (SSSR count). The van der Waals surface area contributed by atoms with Gasteiger partial charge in [-0.15, -0.1) is 0 Å². The number of hydrogen-bond acceptors (Lipinski definition) is 3. The van der Waals surface area contributed by atoms with Crippen LogP contribution < -0.4 is 0 Å². The summed E-state index contributed by atoms with van der Waals surface area (Å²) in [6, 6.07) is 6.28. The predicted molar refractivity (Wildman–Crippen MR) is 82.1 cm³/mol. The highest BCUT2D eigenvalue weighted by molar-refractivity contribution is 5.68. The van der Waals surface area contributed by atoms with Crippen molar-refractivity contribution in [3.63, 3.8) is 0 Å². The van der Waals surface area contributed by atoms with Crippen LogP contribution in [0.3, 0.4) is 0 Å². The molecule has 1 aromatic rings. The van der Waals surface area contributed by atoms with Gasteiger partial charge in [0.1, 0.15) is 11.4 Å². The van der Waals surface area contributed by atoms with Gasteiger partial charge in [-0.1, -0.05) is 12.1 Å². The number of rotatable bonds is 2. The van der Waals surface area contributed by atoms with E-state index in [1.807, 2.05) is 20.8 Å². The molecule has 4 nitrogen and oxygen atoms in total.